The van der Waals surface area contributed by atoms with Crippen LogP contribution < -0.4 is 10.2 Å². The molecule has 0 unspecified atom stereocenters. The van der Waals surface area contributed by atoms with E-state index in [-0.39, 0.29) is 17.3 Å². The Labute approximate surface area is 149 Å². The van der Waals surface area contributed by atoms with Crippen LogP contribution in [0.15, 0.2) is 28.4 Å². The number of nitrogens with one attached hydrogen (secondary N) is 1. The van der Waals surface area contributed by atoms with Gasteiger partial charge in [-0.25, -0.2) is 0 Å². The Morgan fingerprint density at radius 1 is 1.32 bits per heavy atom. The Morgan fingerprint density at radius 3 is 2.80 bits per heavy atom. The van der Waals surface area contributed by atoms with Crippen LogP contribution in [0, 0.1) is 6.92 Å². The highest BCUT2D eigenvalue weighted by atomic mass is 32.1. The predicted molar refractivity (Wildman–Crippen MR) is 96.0 cm³/mol. The summed E-state index contributed by atoms with van der Waals surface area (Å²) in [6, 6.07) is 5.87. The molecule has 25 heavy (non-hydrogen) atoms. The Kier molecular flexibility index (Phi) is 5.03. The maximum Gasteiger partial charge on any atom is 0.326 e. The number of carbonyl (C=O) groups is 2. The number of nitrogens with zero attached hydrogens (tertiary/aromatic N) is 1. The van der Waals surface area contributed by atoms with Gasteiger partial charge in [0.2, 0.25) is 0 Å². The molecule has 0 aliphatic heterocycles. The summed E-state index contributed by atoms with van der Waals surface area (Å²) < 4.78 is 6.49. The third-order valence-corrected chi connectivity index (χ3v) is 5.19. The van der Waals surface area contributed by atoms with Gasteiger partial charge in [-0.3, -0.25) is 19.0 Å². The molecule has 1 aromatic carbocycles. The third kappa shape index (κ3) is 3.99. The first-order valence-corrected chi connectivity index (χ1v) is 9.09. The number of hydrogen-bond acceptors (Lipinski definition) is 5. The lowest BCUT2D eigenvalue weighted by atomic mass is 10.1. The number of thiazole rings is 1. The van der Waals surface area contributed by atoms with E-state index in [0.717, 1.165) is 30.6 Å². The summed E-state index contributed by atoms with van der Waals surface area (Å²) in [4.78, 5) is 35.6. The normalized spacial score (nSPS) is 14.0. The highest BCUT2D eigenvalue weighted by molar-refractivity contribution is 7.07. The van der Waals surface area contributed by atoms with Crippen molar-refractivity contribution < 1.29 is 14.3 Å². The minimum Gasteiger partial charge on any atom is -0.451 e. The second-order valence-corrected chi connectivity index (χ2v) is 7.01. The summed E-state index contributed by atoms with van der Waals surface area (Å²) in [7, 11) is 0. The highest BCUT2D eigenvalue weighted by Crippen LogP contribution is 2.25. The topological polar surface area (TPSA) is 77.4 Å². The van der Waals surface area contributed by atoms with E-state index in [1.165, 1.54) is 22.6 Å². The Hall–Kier alpha value is -2.41. The third-order valence-electron chi connectivity index (χ3n) is 4.31. The summed E-state index contributed by atoms with van der Waals surface area (Å²) >= 11 is 1.03. The van der Waals surface area contributed by atoms with Crippen LogP contribution in [-0.4, -0.2) is 22.5 Å². The summed E-state index contributed by atoms with van der Waals surface area (Å²) in [6.07, 6.45) is 2.31. The number of hydrogen-bond donors (Lipinski definition) is 1. The highest BCUT2D eigenvalue weighted by Gasteiger charge is 2.20. The van der Waals surface area contributed by atoms with E-state index in [0.29, 0.717) is 11.4 Å². The SMILES string of the molecule is Cc1csc(=O)n1CC(=O)O[C@H](C)C(=O)Nc1ccc2c(c1)CCC2. The van der Waals surface area contributed by atoms with Crippen molar-refractivity contribution in [3.05, 3.63) is 50.1 Å². The number of amides is 1. The predicted octanol–water partition coefficient (Wildman–Crippen LogP) is 2.28. The van der Waals surface area contributed by atoms with E-state index < -0.39 is 12.1 Å². The molecule has 6 nitrogen and oxygen atoms in total. The molecular formula is C18H20N2O4S. The molecule has 0 radical (unpaired) electrons. The van der Waals surface area contributed by atoms with Crippen LogP contribution in [0.1, 0.15) is 30.2 Å². The minimum atomic E-state index is -0.935. The van der Waals surface area contributed by atoms with Gasteiger partial charge in [0.25, 0.3) is 5.91 Å². The zero-order valence-corrected chi connectivity index (χ0v) is 15.0. The van der Waals surface area contributed by atoms with E-state index in [2.05, 4.69) is 5.32 Å². The van der Waals surface area contributed by atoms with Crippen LogP contribution in [-0.2, 0) is 33.7 Å². The van der Waals surface area contributed by atoms with Gasteiger partial charge in [0, 0.05) is 16.8 Å². The molecule has 3 rings (SSSR count). The van der Waals surface area contributed by atoms with Crippen molar-refractivity contribution in [1.29, 1.82) is 0 Å². The first-order valence-electron chi connectivity index (χ1n) is 8.21. The first kappa shape index (κ1) is 17.4. The fourth-order valence-corrected chi connectivity index (χ4v) is 3.64. The maximum absolute atomic E-state index is 12.2. The summed E-state index contributed by atoms with van der Waals surface area (Å²) in [5, 5.41) is 4.46. The fourth-order valence-electron chi connectivity index (χ4n) is 2.91. The quantitative estimate of drug-likeness (QED) is 0.830. The van der Waals surface area contributed by atoms with Crippen molar-refractivity contribution in [2.24, 2.45) is 0 Å². The fraction of sp³-hybridized carbons (Fsp3) is 0.389. The maximum atomic E-state index is 12.2. The van der Waals surface area contributed by atoms with Gasteiger partial charge in [-0.15, -0.1) is 0 Å². The number of fused-ring (bicyclic) bond motifs is 1. The standard InChI is InChI=1S/C18H20N2O4S/c1-11-10-25-18(23)20(11)9-16(21)24-12(2)17(22)19-15-7-6-13-4-3-5-14(13)8-15/h6-8,10,12H,3-5,9H2,1-2H3,(H,19,22)/t12-/m1/s1. The molecule has 0 fully saturated rings. The summed E-state index contributed by atoms with van der Waals surface area (Å²) in [5.74, 6) is -0.999. The molecule has 1 atom stereocenters. The van der Waals surface area contributed by atoms with Crippen molar-refractivity contribution in [3.8, 4) is 0 Å². The molecule has 1 aliphatic carbocycles. The number of aromatic nitrogens is 1. The smallest absolute Gasteiger partial charge is 0.326 e. The van der Waals surface area contributed by atoms with Gasteiger partial charge in [0.15, 0.2) is 6.10 Å². The van der Waals surface area contributed by atoms with Gasteiger partial charge < -0.3 is 10.1 Å². The lowest BCUT2D eigenvalue weighted by molar-refractivity contribution is -0.153. The minimum absolute atomic E-state index is 0.190. The average Bonchev–Trinajstić information content (AvgIpc) is 3.15. The largest absolute Gasteiger partial charge is 0.451 e. The molecule has 1 aromatic heterocycles. The van der Waals surface area contributed by atoms with E-state index in [9.17, 15) is 14.4 Å². The molecule has 0 saturated carbocycles. The molecule has 1 N–H and O–H groups in total. The molecule has 0 saturated heterocycles. The van der Waals surface area contributed by atoms with Gasteiger partial charge in [-0.05, 0) is 56.4 Å². The number of rotatable bonds is 5. The van der Waals surface area contributed by atoms with E-state index in [1.807, 2.05) is 18.2 Å². The summed E-state index contributed by atoms with van der Waals surface area (Å²) in [6.45, 7) is 3.07. The lowest BCUT2D eigenvalue weighted by Gasteiger charge is -2.14. The molecule has 7 heteroatoms. The Bertz CT molecular complexity index is 868. The molecule has 132 valence electrons. The number of anilines is 1. The van der Waals surface area contributed by atoms with Crippen LogP contribution in [0.25, 0.3) is 0 Å². The van der Waals surface area contributed by atoms with Gasteiger partial charge in [-0.1, -0.05) is 17.4 Å². The molecule has 2 aromatic rings. The lowest BCUT2D eigenvalue weighted by Crippen LogP contribution is -2.32. The van der Waals surface area contributed by atoms with Crippen molar-refractivity contribution >= 4 is 28.9 Å². The van der Waals surface area contributed by atoms with Crippen molar-refractivity contribution in [2.45, 2.75) is 45.8 Å². The Balaban J connectivity index is 1.57. The second kappa shape index (κ2) is 7.23. The average molecular weight is 360 g/mol. The van der Waals surface area contributed by atoms with Crippen molar-refractivity contribution in [3.63, 3.8) is 0 Å². The van der Waals surface area contributed by atoms with Crippen LogP contribution in [0.4, 0.5) is 5.69 Å². The van der Waals surface area contributed by atoms with Crippen molar-refractivity contribution in [1.82, 2.24) is 4.57 Å². The number of aryl methyl sites for hydroxylation is 3. The van der Waals surface area contributed by atoms with Crippen LogP contribution in [0.3, 0.4) is 0 Å². The summed E-state index contributed by atoms with van der Waals surface area (Å²) in [5.41, 5.74) is 3.99. The molecular weight excluding hydrogens is 340 g/mol. The molecule has 1 amide bonds. The van der Waals surface area contributed by atoms with Gasteiger partial charge in [0.05, 0.1) is 0 Å². The van der Waals surface area contributed by atoms with Crippen molar-refractivity contribution in [2.75, 3.05) is 5.32 Å². The van der Waals surface area contributed by atoms with E-state index >= 15 is 0 Å². The number of esters is 1. The van der Waals surface area contributed by atoms with E-state index in [4.69, 9.17) is 4.74 Å². The first-order chi connectivity index (χ1) is 11.9. The Morgan fingerprint density at radius 2 is 2.08 bits per heavy atom. The van der Waals surface area contributed by atoms with Crippen LogP contribution >= 0.6 is 11.3 Å². The number of carbonyl (C=O) groups excluding carboxylic acids is 2. The van der Waals surface area contributed by atoms with Gasteiger partial charge in [0.1, 0.15) is 6.54 Å². The van der Waals surface area contributed by atoms with Crippen LogP contribution in [0.5, 0.6) is 0 Å². The van der Waals surface area contributed by atoms with Crippen LogP contribution in [0.2, 0.25) is 0 Å². The zero-order chi connectivity index (χ0) is 18.0. The zero-order valence-electron chi connectivity index (χ0n) is 14.2. The molecule has 1 heterocycles. The monoisotopic (exact) mass is 360 g/mol. The van der Waals surface area contributed by atoms with Gasteiger partial charge in [-0.2, -0.15) is 0 Å². The molecule has 0 spiro atoms. The number of ether oxygens (including phenoxy) is 1. The molecule has 1 aliphatic rings. The molecule has 0 bridgehead atoms. The van der Waals surface area contributed by atoms with E-state index in [1.54, 1.807) is 12.3 Å². The van der Waals surface area contributed by atoms with Gasteiger partial charge >= 0.3 is 10.8 Å². The number of benzene rings is 1. The second-order valence-electron chi connectivity index (χ2n) is 6.19.